The number of aryl methyl sites for hydroxylation is 1. The molecule has 0 bridgehead atoms. The van der Waals surface area contributed by atoms with E-state index in [9.17, 15) is 4.79 Å². The molecule has 0 aliphatic heterocycles. The largest absolute Gasteiger partial charge is 0.463 e. The first-order valence-corrected chi connectivity index (χ1v) is 5.06. The minimum Gasteiger partial charge on any atom is -0.463 e. The molecular formula is C12H16O3. The fourth-order valence-corrected chi connectivity index (χ4v) is 1.18. The number of esters is 1. The molecule has 1 rings (SSSR count). The molecule has 0 aliphatic carbocycles. The Balaban J connectivity index is 2.23. The van der Waals surface area contributed by atoms with E-state index in [1.165, 1.54) is 0 Å². The molecule has 3 nitrogen and oxygen atoms in total. The molecule has 0 fully saturated rings. The van der Waals surface area contributed by atoms with Gasteiger partial charge in [0.2, 0.25) is 0 Å². The van der Waals surface area contributed by atoms with E-state index in [1.54, 1.807) is 6.92 Å². The van der Waals surface area contributed by atoms with Crippen molar-refractivity contribution in [3.8, 4) is 0 Å². The van der Waals surface area contributed by atoms with Gasteiger partial charge in [0.05, 0.1) is 6.10 Å². The number of ether oxygens (including phenoxy) is 1. The first kappa shape index (κ1) is 11.7. The number of benzene rings is 1. The number of hydrogen-bond acceptors (Lipinski definition) is 3. The molecule has 1 N–H and O–H groups in total. The molecule has 0 saturated heterocycles. The molecule has 0 saturated carbocycles. The quantitative estimate of drug-likeness (QED) is 0.747. The molecule has 15 heavy (non-hydrogen) atoms. The van der Waals surface area contributed by atoms with Crippen LogP contribution in [-0.4, -0.2) is 23.8 Å². The van der Waals surface area contributed by atoms with Crippen LogP contribution in [0.4, 0.5) is 0 Å². The second-order valence-corrected chi connectivity index (χ2v) is 3.52. The Hall–Kier alpha value is -1.35. The van der Waals surface area contributed by atoms with Crippen molar-refractivity contribution < 1.29 is 14.6 Å². The minimum atomic E-state index is -0.592. The van der Waals surface area contributed by atoms with E-state index < -0.39 is 6.10 Å². The van der Waals surface area contributed by atoms with Gasteiger partial charge in [-0.05, 0) is 18.9 Å². The highest BCUT2D eigenvalue weighted by Crippen LogP contribution is 2.03. The molecule has 1 unspecified atom stereocenters. The third-order valence-corrected chi connectivity index (χ3v) is 1.95. The number of rotatable bonds is 5. The van der Waals surface area contributed by atoms with Gasteiger partial charge in [0.25, 0.3) is 0 Å². The van der Waals surface area contributed by atoms with E-state index in [0.717, 1.165) is 5.56 Å². The van der Waals surface area contributed by atoms with Gasteiger partial charge in [-0.15, -0.1) is 0 Å². The number of hydrogen-bond donors (Lipinski definition) is 1. The summed E-state index contributed by atoms with van der Waals surface area (Å²) in [6.07, 6.45) is 0.446. The molecule has 0 heterocycles. The fraction of sp³-hybridized carbons (Fsp3) is 0.417. The SMILES string of the molecule is CC(O)COC(=O)CCc1ccccc1. The maximum atomic E-state index is 11.2. The third-order valence-electron chi connectivity index (χ3n) is 1.95. The van der Waals surface area contributed by atoms with Gasteiger partial charge in [0, 0.05) is 6.42 Å². The van der Waals surface area contributed by atoms with Crippen LogP contribution in [0.2, 0.25) is 0 Å². The topological polar surface area (TPSA) is 46.5 Å². The highest BCUT2D eigenvalue weighted by Gasteiger charge is 2.05. The van der Waals surface area contributed by atoms with Crippen molar-refractivity contribution in [1.82, 2.24) is 0 Å². The molecule has 3 heteroatoms. The zero-order chi connectivity index (χ0) is 11.1. The molecule has 1 aromatic carbocycles. The molecule has 0 amide bonds. The highest BCUT2D eigenvalue weighted by atomic mass is 16.5. The van der Waals surface area contributed by atoms with Crippen molar-refractivity contribution in [1.29, 1.82) is 0 Å². The van der Waals surface area contributed by atoms with Crippen molar-refractivity contribution >= 4 is 5.97 Å². The zero-order valence-electron chi connectivity index (χ0n) is 8.85. The highest BCUT2D eigenvalue weighted by molar-refractivity contribution is 5.69. The average molecular weight is 208 g/mol. The fourth-order valence-electron chi connectivity index (χ4n) is 1.18. The molecule has 0 radical (unpaired) electrons. The normalized spacial score (nSPS) is 12.1. The molecular weight excluding hydrogens is 192 g/mol. The summed E-state index contributed by atoms with van der Waals surface area (Å²) in [6, 6.07) is 9.77. The van der Waals surface area contributed by atoms with Crippen LogP contribution in [0.25, 0.3) is 0 Å². The van der Waals surface area contributed by atoms with Crippen LogP contribution in [0.1, 0.15) is 18.9 Å². The Morgan fingerprint density at radius 1 is 1.40 bits per heavy atom. The van der Waals surface area contributed by atoms with Crippen LogP contribution in [-0.2, 0) is 16.0 Å². The monoisotopic (exact) mass is 208 g/mol. The lowest BCUT2D eigenvalue weighted by Crippen LogP contribution is -2.15. The lowest BCUT2D eigenvalue weighted by molar-refractivity contribution is -0.146. The van der Waals surface area contributed by atoms with Crippen LogP contribution in [0.15, 0.2) is 30.3 Å². The number of carbonyl (C=O) groups excluding carboxylic acids is 1. The number of aliphatic hydroxyl groups excluding tert-OH is 1. The first-order valence-electron chi connectivity index (χ1n) is 5.06. The lowest BCUT2D eigenvalue weighted by Gasteiger charge is -2.06. The summed E-state index contributed by atoms with van der Waals surface area (Å²) in [5, 5.41) is 8.91. The summed E-state index contributed by atoms with van der Waals surface area (Å²) in [7, 11) is 0. The number of carbonyl (C=O) groups is 1. The minimum absolute atomic E-state index is 0.0770. The predicted octanol–water partition coefficient (Wildman–Crippen LogP) is 1.54. The van der Waals surface area contributed by atoms with Gasteiger partial charge in [-0.1, -0.05) is 30.3 Å². The van der Waals surface area contributed by atoms with Gasteiger partial charge in [-0.2, -0.15) is 0 Å². The Morgan fingerprint density at radius 3 is 2.67 bits per heavy atom. The second-order valence-electron chi connectivity index (χ2n) is 3.52. The van der Waals surface area contributed by atoms with Gasteiger partial charge in [-0.3, -0.25) is 4.79 Å². The maximum Gasteiger partial charge on any atom is 0.306 e. The predicted molar refractivity (Wildman–Crippen MR) is 57.4 cm³/mol. The van der Waals surface area contributed by atoms with Crippen LogP contribution >= 0.6 is 0 Å². The van der Waals surface area contributed by atoms with Crippen LogP contribution in [0, 0.1) is 0 Å². The first-order chi connectivity index (χ1) is 7.18. The smallest absolute Gasteiger partial charge is 0.306 e. The average Bonchev–Trinajstić information content (AvgIpc) is 2.25. The third kappa shape index (κ3) is 5.18. The van der Waals surface area contributed by atoms with Crippen LogP contribution in [0.3, 0.4) is 0 Å². The van der Waals surface area contributed by atoms with Crippen LogP contribution < -0.4 is 0 Å². The Bertz CT molecular complexity index is 293. The summed E-state index contributed by atoms with van der Waals surface area (Å²) in [5.74, 6) is -0.264. The molecule has 1 atom stereocenters. The maximum absolute atomic E-state index is 11.2. The summed E-state index contributed by atoms with van der Waals surface area (Å²) in [6.45, 7) is 1.66. The van der Waals surface area contributed by atoms with E-state index >= 15 is 0 Å². The molecule has 82 valence electrons. The molecule has 0 aromatic heterocycles. The van der Waals surface area contributed by atoms with Crippen molar-refractivity contribution in [2.75, 3.05) is 6.61 Å². The Labute approximate surface area is 89.7 Å². The van der Waals surface area contributed by atoms with Crippen molar-refractivity contribution in [2.24, 2.45) is 0 Å². The zero-order valence-corrected chi connectivity index (χ0v) is 8.85. The van der Waals surface area contributed by atoms with E-state index in [1.807, 2.05) is 30.3 Å². The molecule has 0 spiro atoms. The Morgan fingerprint density at radius 2 is 2.07 bits per heavy atom. The van der Waals surface area contributed by atoms with Gasteiger partial charge >= 0.3 is 5.97 Å². The number of aliphatic hydroxyl groups is 1. The lowest BCUT2D eigenvalue weighted by atomic mass is 10.1. The van der Waals surface area contributed by atoms with E-state index in [-0.39, 0.29) is 12.6 Å². The van der Waals surface area contributed by atoms with E-state index in [0.29, 0.717) is 12.8 Å². The standard InChI is InChI=1S/C12H16O3/c1-10(13)9-15-12(14)8-7-11-5-3-2-4-6-11/h2-6,10,13H,7-9H2,1H3. The van der Waals surface area contributed by atoms with E-state index in [4.69, 9.17) is 9.84 Å². The summed E-state index contributed by atoms with van der Waals surface area (Å²) < 4.78 is 4.84. The van der Waals surface area contributed by atoms with Gasteiger partial charge in [-0.25, -0.2) is 0 Å². The summed E-state index contributed by atoms with van der Waals surface area (Å²) in [4.78, 5) is 11.2. The molecule has 0 aliphatic rings. The van der Waals surface area contributed by atoms with Crippen LogP contribution in [0.5, 0.6) is 0 Å². The second kappa shape index (κ2) is 6.19. The van der Waals surface area contributed by atoms with Crippen molar-refractivity contribution in [3.63, 3.8) is 0 Å². The van der Waals surface area contributed by atoms with Gasteiger partial charge in [0.15, 0.2) is 0 Å². The van der Waals surface area contributed by atoms with Gasteiger partial charge < -0.3 is 9.84 Å². The summed E-state index contributed by atoms with van der Waals surface area (Å²) >= 11 is 0. The summed E-state index contributed by atoms with van der Waals surface area (Å²) in [5.41, 5.74) is 1.12. The van der Waals surface area contributed by atoms with Crippen molar-refractivity contribution in [3.05, 3.63) is 35.9 Å². The van der Waals surface area contributed by atoms with E-state index in [2.05, 4.69) is 0 Å². The Kier molecular flexibility index (Phi) is 4.84. The molecule has 1 aromatic rings. The van der Waals surface area contributed by atoms with Gasteiger partial charge in [0.1, 0.15) is 6.61 Å². The van der Waals surface area contributed by atoms with Crippen molar-refractivity contribution in [2.45, 2.75) is 25.9 Å².